The third-order valence-corrected chi connectivity index (χ3v) is 3.55. The van der Waals surface area contributed by atoms with Crippen LogP contribution in [0.4, 0.5) is 4.39 Å². The molecule has 9 heteroatoms. The third-order valence-electron chi connectivity index (χ3n) is 3.55. The largest absolute Gasteiger partial charge is 0.485 e. The lowest BCUT2D eigenvalue weighted by Crippen LogP contribution is -2.51. The van der Waals surface area contributed by atoms with Crippen molar-refractivity contribution in [2.24, 2.45) is 0 Å². The molecule has 0 aliphatic carbocycles. The lowest BCUT2D eigenvalue weighted by Gasteiger charge is -2.25. The van der Waals surface area contributed by atoms with E-state index in [1.54, 1.807) is 24.3 Å². The molecule has 140 valence electrons. The van der Waals surface area contributed by atoms with Gasteiger partial charge in [0.15, 0.2) is 18.1 Å². The Kier molecular flexibility index (Phi) is 5.50. The molecule has 0 saturated carbocycles. The SMILES string of the molecule is O=C(COC(=O)c1ccccc1F)NNC(=O)[C@H]1COc2ccccc2O1. The number of carbonyl (C=O) groups is 3. The number of rotatable bonds is 4. The van der Waals surface area contributed by atoms with Crippen LogP contribution in [0.25, 0.3) is 0 Å². The van der Waals surface area contributed by atoms with Crippen LogP contribution in [0.15, 0.2) is 48.5 Å². The van der Waals surface area contributed by atoms with Crippen molar-refractivity contribution < 1.29 is 33.0 Å². The fraction of sp³-hybridized carbons (Fsp3) is 0.167. The summed E-state index contributed by atoms with van der Waals surface area (Å²) in [6.07, 6.45) is -0.957. The molecule has 1 aliphatic rings. The smallest absolute Gasteiger partial charge is 0.341 e. The van der Waals surface area contributed by atoms with Crippen molar-refractivity contribution in [1.82, 2.24) is 10.9 Å². The molecule has 27 heavy (non-hydrogen) atoms. The maximum atomic E-state index is 13.4. The molecule has 2 aromatic rings. The number of nitrogens with one attached hydrogen (secondary N) is 2. The van der Waals surface area contributed by atoms with Gasteiger partial charge < -0.3 is 14.2 Å². The van der Waals surface area contributed by atoms with E-state index >= 15 is 0 Å². The van der Waals surface area contributed by atoms with Gasteiger partial charge in [-0.15, -0.1) is 0 Å². The lowest BCUT2D eigenvalue weighted by atomic mass is 10.2. The topological polar surface area (TPSA) is 103 Å². The summed E-state index contributed by atoms with van der Waals surface area (Å²) in [5.74, 6) is -2.26. The molecule has 8 nitrogen and oxygen atoms in total. The Morgan fingerprint density at radius 2 is 1.74 bits per heavy atom. The first-order valence-electron chi connectivity index (χ1n) is 7.93. The summed E-state index contributed by atoms with van der Waals surface area (Å²) in [7, 11) is 0. The summed E-state index contributed by atoms with van der Waals surface area (Å²) in [5, 5.41) is 0. The van der Waals surface area contributed by atoms with Crippen LogP contribution in [0.5, 0.6) is 11.5 Å². The summed E-state index contributed by atoms with van der Waals surface area (Å²) in [4.78, 5) is 35.4. The minimum Gasteiger partial charge on any atom is -0.485 e. The summed E-state index contributed by atoms with van der Waals surface area (Å²) < 4.78 is 29.0. The number of hydrogen-bond acceptors (Lipinski definition) is 6. The van der Waals surface area contributed by atoms with Gasteiger partial charge in [-0.1, -0.05) is 24.3 Å². The Hall–Kier alpha value is -3.62. The van der Waals surface area contributed by atoms with Gasteiger partial charge >= 0.3 is 5.97 Å². The molecule has 2 N–H and O–H groups in total. The standard InChI is InChI=1S/C18H15FN2O6/c19-12-6-2-1-5-11(12)18(24)26-10-16(22)20-21-17(23)15-9-25-13-7-3-4-8-14(13)27-15/h1-8,15H,9-10H2,(H,20,22)(H,21,23)/t15-/m1/s1. The third kappa shape index (κ3) is 4.51. The monoisotopic (exact) mass is 374 g/mol. The fourth-order valence-corrected chi connectivity index (χ4v) is 2.23. The molecule has 0 aromatic heterocycles. The van der Waals surface area contributed by atoms with Crippen molar-refractivity contribution >= 4 is 17.8 Å². The van der Waals surface area contributed by atoms with Crippen LogP contribution in [0.2, 0.25) is 0 Å². The Labute approximate surface area is 153 Å². The van der Waals surface area contributed by atoms with Gasteiger partial charge in [-0.3, -0.25) is 20.4 Å². The van der Waals surface area contributed by atoms with Crippen LogP contribution >= 0.6 is 0 Å². The zero-order valence-corrected chi connectivity index (χ0v) is 13.9. The molecule has 0 spiro atoms. The van der Waals surface area contributed by atoms with Gasteiger partial charge in [0.25, 0.3) is 11.8 Å². The van der Waals surface area contributed by atoms with Crippen LogP contribution in [-0.2, 0) is 14.3 Å². The Morgan fingerprint density at radius 3 is 2.52 bits per heavy atom. The minimum atomic E-state index is -0.991. The van der Waals surface area contributed by atoms with E-state index in [0.717, 1.165) is 6.07 Å². The molecule has 0 radical (unpaired) electrons. The molecule has 0 bridgehead atoms. The van der Waals surface area contributed by atoms with E-state index < -0.39 is 36.3 Å². The van der Waals surface area contributed by atoms with Gasteiger partial charge in [-0.2, -0.15) is 0 Å². The van der Waals surface area contributed by atoms with E-state index in [1.165, 1.54) is 18.2 Å². The highest BCUT2D eigenvalue weighted by Crippen LogP contribution is 2.30. The number of ether oxygens (including phenoxy) is 3. The highest BCUT2D eigenvalue weighted by Gasteiger charge is 2.27. The van der Waals surface area contributed by atoms with Crippen LogP contribution in [0, 0.1) is 5.82 Å². The van der Waals surface area contributed by atoms with E-state index in [1.807, 2.05) is 0 Å². The fourth-order valence-electron chi connectivity index (χ4n) is 2.23. The van der Waals surface area contributed by atoms with Crippen molar-refractivity contribution in [3.8, 4) is 11.5 Å². The average molecular weight is 374 g/mol. The second kappa shape index (κ2) is 8.17. The van der Waals surface area contributed by atoms with Crippen LogP contribution in [-0.4, -0.2) is 37.1 Å². The average Bonchev–Trinajstić information content (AvgIpc) is 2.70. The van der Waals surface area contributed by atoms with Gasteiger partial charge in [0.2, 0.25) is 6.10 Å². The second-order valence-corrected chi connectivity index (χ2v) is 5.46. The number of amides is 2. The second-order valence-electron chi connectivity index (χ2n) is 5.46. The number of esters is 1. The normalized spacial score (nSPS) is 14.8. The van der Waals surface area contributed by atoms with Crippen LogP contribution in [0.3, 0.4) is 0 Å². The number of fused-ring (bicyclic) bond motifs is 1. The van der Waals surface area contributed by atoms with E-state index in [0.29, 0.717) is 11.5 Å². The maximum Gasteiger partial charge on any atom is 0.341 e. The van der Waals surface area contributed by atoms with Crippen molar-refractivity contribution in [2.75, 3.05) is 13.2 Å². The Balaban J connectivity index is 1.43. The van der Waals surface area contributed by atoms with Gasteiger partial charge in [-0.25, -0.2) is 9.18 Å². The van der Waals surface area contributed by atoms with Crippen LogP contribution in [0.1, 0.15) is 10.4 Å². The van der Waals surface area contributed by atoms with Crippen molar-refractivity contribution in [1.29, 1.82) is 0 Å². The number of hydrazine groups is 1. The van der Waals surface area contributed by atoms with Crippen molar-refractivity contribution in [2.45, 2.75) is 6.10 Å². The number of carbonyl (C=O) groups excluding carboxylic acids is 3. The van der Waals surface area contributed by atoms with Gasteiger partial charge in [0.05, 0.1) is 5.56 Å². The summed E-state index contributed by atoms with van der Waals surface area (Å²) in [6, 6.07) is 12.1. The van der Waals surface area contributed by atoms with E-state index in [9.17, 15) is 18.8 Å². The molecule has 0 unspecified atom stereocenters. The molecular formula is C18H15FN2O6. The van der Waals surface area contributed by atoms with Crippen LogP contribution < -0.4 is 20.3 Å². The zero-order chi connectivity index (χ0) is 19.2. The summed E-state index contributed by atoms with van der Waals surface area (Å²) in [5.41, 5.74) is 3.94. The highest BCUT2D eigenvalue weighted by molar-refractivity contribution is 5.92. The highest BCUT2D eigenvalue weighted by atomic mass is 19.1. The first-order chi connectivity index (χ1) is 13.0. The molecule has 2 aromatic carbocycles. The molecule has 0 fully saturated rings. The first kappa shape index (κ1) is 18.2. The first-order valence-corrected chi connectivity index (χ1v) is 7.93. The van der Waals surface area contributed by atoms with E-state index in [4.69, 9.17) is 14.2 Å². The van der Waals surface area contributed by atoms with E-state index in [2.05, 4.69) is 10.9 Å². The Bertz CT molecular complexity index is 872. The van der Waals surface area contributed by atoms with Gasteiger partial charge in [0, 0.05) is 0 Å². The predicted octanol–water partition coefficient (Wildman–Crippen LogP) is 0.970. The minimum absolute atomic E-state index is 0.0268. The van der Waals surface area contributed by atoms with Crippen molar-refractivity contribution in [3.63, 3.8) is 0 Å². The summed E-state index contributed by atoms with van der Waals surface area (Å²) in [6.45, 7) is -0.723. The number of hydrogen-bond donors (Lipinski definition) is 2. The molecule has 1 atom stereocenters. The van der Waals surface area contributed by atoms with Gasteiger partial charge in [0.1, 0.15) is 12.4 Å². The van der Waals surface area contributed by atoms with Crippen molar-refractivity contribution in [3.05, 3.63) is 59.9 Å². The molecule has 0 saturated heterocycles. The van der Waals surface area contributed by atoms with E-state index in [-0.39, 0.29) is 12.2 Å². The summed E-state index contributed by atoms with van der Waals surface area (Å²) >= 11 is 0. The lowest BCUT2D eigenvalue weighted by molar-refractivity contribution is -0.135. The number of halogens is 1. The zero-order valence-electron chi connectivity index (χ0n) is 13.9. The quantitative estimate of drug-likeness (QED) is 0.611. The molecule has 3 rings (SSSR count). The van der Waals surface area contributed by atoms with Gasteiger partial charge in [-0.05, 0) is 24.3 Å². The molecule has 1 heterocycles. The molecular weight excluding hydrogens is 359 g/mol. The maximum absolute atomic E-state index is 13.4. The molecule has 2 amide bonds. The molecule has 1 aliphatic heterocycles. The number of para-hydroxylation sites is 2. The Morgan fingerprint density at radius 1 is 1.04 bits per heavy atom. The predicted molar refractivity (Wildman–Crippen MR) is 89.3 cm³/mol. The number of benzene rings is 2.